The Morgan fingerprint density at radius 1 is 1.56 bits per heavy atom. The van der Waals surface area contributed by atoms with E-state index in [1.165, 1.54) is 6.08 Å². The van der Waals surface area contributed by atoms with Gasteiger partial charge in [0.15, 0.2) is 0 Å². The Morgan fingerprint density at radius 2 is 2.22 bits per heavy atom. The van der Waals surface area contributed by atoms with Crippen LogP contribution in [-0.2, 0) is 9.59 Å². The van der Waals surface area contributed by atoms with Crippen LogP contribution in [0.5, 0.6) is 0 Å². The number of carbonyl (C=O) groups excluding carboxylic acids is 1. The van der Waals surface area contributed by atoms with Crippen LogP contribution in [0.25, 0.3) is 0 Å². The van der Waals surface area contributed by atoms with Crippen molar-refractivity contribution >= 4 is 11.9 Å². The van der Waals surface area contributed by atoms with E-state index in [9.17, 15) is 9.59 Å². The minimum absolute atomic E-state index is 0.170. The SMILES string of the molecule is C=CCC(NC(=O)C1(C(C)C)CCNC1)C(=O)O. The number of carbonyl (C=O) groups is 2. The average Bonchev–Trinajstić information content (AvgIpc) is 2.78. The molecule has 1 aliphatic rings. The fourth-order valence-corrected chi connectivity index (χ4v) is 2.35. The van der Waals surface area contributed by atoms with Crippen LogP contribution >= 0.6 is 0 Å². The van der Waals surface area contributed by atoms with E-state index in [-0.39, 0.29) is 18.2 Å². The van der Waals surface area contributed by atoms with E-state index >= 15 is 0 Å². The van der Waals surface area contributed by atoms with Crippen LogP contribution in [0.2, 0.25) is 0 Å². The zero-order chi connectivity index (χ0) is 13.8. The summed E-state index contributed by atoms with van der Waals surface area (Å²) in [6, 6.07) is -0.883. The smallest absolute Gasteiger partial charge is 0.326 e. The van der Waals surface area contributed by atoms with Crippen molar-refractivity contribution in [3.63, 3.8) is 0 Å². The molecule has 1 aliphatic heterocycles. The standard InChI is InChI=1S/C13H22N2O3/c1-4-5-10(11(16)17)15-12(18)13(9(2)3)6-7-14-8-13/h4,9-10,14H,1,5-8H2,2-3H3,(H,15,18)(H,16,17). The Hall–Kier alpha value is -1.36. The van der Waals surface area contributed by atoms with Crippen LogP contribution in [0, 0.1) is 11.3 Å². The second kappa shape index (κ2) is 6.00. The monoisotopic (exact) mass is 254 g/mol. The van der Waals surface area contributed by atoms with Crippen molar-refractivity contribution in [2.75, 3.05) is 13.1 Å². The largest absolute Gasteiger partial charge is 0.480 e. The molecule has 2 atom stereocenters. The Balaban J connectivity index is 2.78. The lowest BCUT2D eigenvalue weighted by molar-refractivity contribution is -0.144. The number of amides is 1. The average molecular weight is 254 g/mol. The first-order valence-electron chi connectivity index (χ1n) is 6.29. The van der Waals surface area contributed by atoms with Crippen molar-refractivity contribution in [1.29, 1.82) is 0 Å². The number of carboxylic acids is 1. The number of aliphatic carboxylic acids is 1. The summed E-state index contributed by atoms with van der Waals surface area (Å²) in [6.45, 7) is 8.91. The predicted molar refractivity (Wildman–Crippen MR) is 69.1 cm³/mol. The van der Waals surface area contributed by atoms with Gasteiger partial charge in [0.1, 0.15) is 6.04 Å². The van der Waals surface area contributed by atoms with Crippen molar-refractivity contribution in [2.24, 2.45) is 11.3 Å². The molecule has 0 aromatic carbocycles. The van der Waals surface area contributed by atoms with Crippen molar-refractivity contribution in [1.82, 2.24) is 10.6 Å². The topological polar surface area (TPSA) is 78.4 Å². The van der Waals surface area contributed by atoms with Crippen LogP contribution in [0.4, 0.5) is 0 Å². The van der Waals surface area contributed by atoms with Gasteiger partial charge in [0.2, 0.25) is 5.91 Å². The lowest BCUT2D eigenvalue weighted by atomic mass is 9.75. The molecule has 1 amide bonds. The van der Waals surface area contributed by atoms with E-state index < -0.39 is 17.4 Å². The lowest BCUT2D eigenvalue weighted by Crippen LogP contribution is -2.51. The third-order valence-electron chi connectivity index (χ3n) is 3.75. The van der Waals surface area contributed by atoms with Gasteiger partial charge < -0.3 is 15.7 Å². The molecular formula is C13H22N2O3. The van der Waals surface area contributed by atoms with Gasteiger partial charge in [-0.05, 0) is 25.3 Å². The Bertz CT molecular complexity index is 333. The molecule has 1 rings (SSSR count). The number of hydrogen-bond acceptors (Lipinski definition) is 3. The summed E-state index contributed by atoms with van der Waals surface area (Å²) in [6.07, 6.45) is 2.49. The highest BCUT2D eigenvalue weighted by molar-refractivity contribution is 5.88. The summed E-state index contributed by atoms with van der Waals surface area (Å²) in [5, 5.41) is 14.9. The van der Waals surface area contributed by atoms with E-state index in [1.54, 1.807) is 0 Å². The van der Waals surface area contributed by atoms with Crippen LogP contribution in [-0.4, -0.2) is 36.1 Å². The normalized spacial score (nSPS) is 24.8. The molecule has 3 N–H and O–H groups in total. The van der Waals surface area contributed by atoms with Gasteiger partial charge in [-0.2, -0.15) is 0 Å². The molecule has 1 saturated heterocycles. The first-order chi connectivity index (χ1) is 8.44. The third kappa shape index (κ3) is 2.90. The first kappa shape index (κ1) is 14.7. The maximum atomic E-state index is 12.3. The van der Waals surface area contributed by atoms with Gasteiger partial charge in [0.25, 0.3) is 0 Å². The molecule has 0 aliphatic carbocycles. The quantitative estimate of drug-likeness (QED) is 0.612. The molecule has 5 nitrogen and oxygen atoms in total. The molecule has 0 bridgehead atoms. The summed E-state index contributed by atoms with van der Waals surface area (Å²) in [4.78, 5) is 23.4. The minimum Gasteiger partial charge on any atom is -0.480 e. The number of hydrogen-bond donors (Lipinski definition) is 3. The summed E-state index contributed by atoms with van der Waals surface area (Å²) in [7, 11) is 0. The molecule has 0 aromatic rings. The molecule has 18 heavy (non-hydrogen) atoms. The van der Waals surface area contributed by atoms with Crippen LogP contribution < -0.4 is 10.6 Å². The molecule has 0 radical (unpaired) electrons. The summed E-state index contributed by atoms with van der Waals surface area (Å²) >= 11 is 0. The maximum absolute atomic E-state index is 12.3. The van der Waals surface area contributed by atoms with E-state index in [1.807, 2.05) is 13.8 Å². The highest BCUT2D eigenvalue weighted by atomic mass is 16.4. The zero-order valence-electron chi connectivity index (χ0n) is 11.0. The molecule has 2 unspecified atom stereocenters. The van der Waals surface area contributed by atoms with E-state index in [0.717, 1.165) is 13.0 Å². The highest BCUT2D eigenvalue weighted by Gasteiger charge is 2.44. The molecular weight excluding hydrogens is 232 g/mol. The van der Waals surface area contributed by atoms with Gasteiger partial charge in [-0.15, -0.1) is 6.58 Å². The first-order valence-corrected chi connectivity index (χ1v) is 6.29. The van der Waals surface area contributed by atoms with Gasteiger partial charge in [-0.3, -0.25) is 4.79 Å². The van der Waals surface area contributed by atoms with Crippen molar-refractivity contribution in [3.8, 4) is 0 Å². The highest BCUT2D eigenvalue weighted by Crippen LogP contribution is 2.34. The minimum atomic E-state index is -1.02. The summed E-state index contributed by atoms with van der Waals surface area (Å²) < 4.78 is 0. The summed E-state index contributed by atoms with van der Waals surface area (Å²) in [5.74, 6) is -1.02. The van der Waals surface area contributed by atoms with E-state index in [2.05, 4.69) is 17.2 Å². The van der Waals surface area contributed by atoms with Gasteiger partial charge in [-0.1, -0.05) is 19.9 Å². The van der Waals surface area contributed by atoms with Crippen LogP contribution in [0.1, 0.15) is 26.7 Å². The number of carboxylic acid groups (broad SMARTS) is 1. The van der Waals surface area contributed by atoms with Gasteiger partial charge in [-0.25, -0.2) is 4.79 Å². The molecule has 1 heterocycles. The molecule has 5 heteroatoms. The number of rotatable bonds is 6. The lowest BCUT2D eigenvalue weighted by Gasteiger charge is -2.32. The second-order valence-corrected chi connectivity index (χ2v) is 5.13. The van der Waals surface area contributed by atoms with E-state index in [0.29, 0.717) is 6.54 Å². The van der Waals surface area contributed by atoms with Crippen molar-refractivity contribution in [3.05, 3.63) is 12.7 Å². The van der Waals surface area contributed by atoms with Gasteiger partial charge in [0, 0.05) is 6.54 Å². The van der Waals surface area contributed by atoms with Gasteiger partial charge in [0.05, 0.1) is 5.41 Å². The molecule has 1 fully saturated rings. The molecule has 0 saturated carbocycles. The fraction of sp³-hybridized carbons (Fsp3) is 0.692. The Kier molecular flexibility index (Phi) is 4.90. The zero-order valence-corrected chi connectivity index (χ0v) is 11.0. The molecule has 102 valence electrons. The van der Waals surface area contributed by atoms with Crippen LogP contribution in [0.15, 0.2) is 12.7 Å². The molecule has 0 aromatic heterocycles. The van der Waals surface area contributed by atoms with Crippen molar-refractivity contribution < 1.29 is 14.7 Å². The molecule has 0 spiro atoms. The fourth-order valence-electron chi connectivity index (χ4n) is 2.35. The Labute approximate surface area is 108 Å². The summed E-state index contributed by atoms with van der Waals surface area (Å²) in [5.41, 5.74) is -0.491. The van der Waals surface area contributed by atoms with Gasteiger partial charge >= 0.3 is 5.97 Å². The second-order valence-electron chi connectivity index (χ2n) is 5.13. The van der Waals surface area contributed by atoms with Crippen molar-refractivity contribution in [2.45, 2.75) is 32.7 Å². The maximum Gasteiger partial charge on any atom is 0.326 e. The third-order valence-corrected chi connectivity index (χ3v) is 3.75. The predicted octanol–water partition coefficient (Wildman–Crippen LogP) is 0.768. The van der Waals surface area contributed by atoms with E-state index in [4.69, 9.17) is 5.11 Å². The number of nitrogens with one attached hydrogen (secondary N) is 2. The Morgan fingerprint density at radius 3 is 2.61 bits per heavy atom. The van der Waals surface area contributed by atoms with Crippen LogP contribution in [0.3, 0.4) is 0 Å².